The highest BCUT2D eigenvalue weighted by atomic mass is 79.9. The van der Waals surface area contributed by atoms with Crippen LogP contribution in [0.5, 0.6) is 0 Å². The van der Waals surface area contributed by atoms with E-state index in [9.17, 15) is 4.79 Å². The Morgan fingerprint density at radius 3 is 2.68 bits per heavy atom. The summed E-state index contributed by atoms with van der Waals surface area (Å²) < 4.78 is 0.822. The van der Waals surface area contributed by atoms with Gasteiger partial charge in [-0.25, -0.2) is 0 Å². The van der Waals surface area contributed by atoms with E-state index < -0.39 is 5.91 Å². The molecule has 3 nitrogen and oxygen atoms in total. The molecule has 0 saturated carbocycles. The van der Waals surface area contributed by atoms with E-state index in [1.165, 1.54) is 0 Å². The lowest BCUT2D eigenvalue weighted by Crippen LogP contribution is -2.15. The first-order chi connectivity index (χ1) is 9.08. The molecule has 0 saturated heterocycles. The van der Waals surface area contributed by atoms with E-state index in [0.717, 1.165) is 15.7 Å². The standard InChI is InChI=1S/C14H12BrClN2O/c15-12-7-10(5-6-13(12)16)18-8-9-3-1-2-4-11(9)14(17)19/h1-7,18H,8H2,(H2,17,19). The molecule has 1 amide bonds. The predicted octanol–water partition coefficient (Wildman–Crippen LogP) is 3.81. The summed E-state index contributed by atoms with van der Waals surface area (Å²) in [5.41, 5.74) is 7.64. The van der Waals surface area contributed by atoms with Gasteiger partial charge in [0.2, 0.25) is 5.91 Å². The van der Waals surface area contributed by atoms with Crippen LogP contribution >= 0.6 is 27.5 Å². The molecule has 0 spiro atoms. The summed E-state index contributed by atoms with van der Waals surface area (Å²) in [5, 5.41) is 3.88. The van der Waals surface area contributed by atoms with Gasteiger partial charge in [0.15, 0.2) is 0 Å². The lowest BCUT2D eigenvalue weighted by atomic mass is 10.1. The van der Waals surface area contributed by atoms with Gasteiger partial charge in [0, 0.05) is 22.3 Å². The zero-order chi connectivity index (χ0) is 13.8. The maximum atomic E-state index is 11.3. The third-order valence-corrected chi connectivity index (χ3v) is 3.90. The number of benzene rings is 2. The molecule has 19 heavy (non-hydrogen) atoms. The smallest absolute Gasteiger partial charge is 0.249 e. The van der Waals surface area contributed by atoms with Crippen LogP contribution in [0.1, 0.15) is 15.9 Å². The highest BCUT2D eigenvalue weighted by molar-refractivity contribution is 9.10. The summed E-state index contributed by atoms with van der Waals surface area (Å²) in [6.45, 7) is 0.521. The Morgan fingerprint density at radius 2 is 2.00 bits per heavy atom. The SMILES string of the molecule is NC(=O)c1ccccc1CNc1ccc(Cl)c(Br)c1. The van der Waals surface area contributed by atoms with Crippen molar-refractivity contribution in [3.63, 3.8) is 0 Å². The highest BCUT2D eigenvalue weighted by Gasteiger charge is 2.07. The number of amides is 1. The monoisotopic (exact) mass is 338 g/mol. The van der Waals surface area contributed by atoms with Gasteiger partial charge in [-0.1, -0.05) is 29.8 Å². The third kappa shape index (κ3) is 3.49. The topological polar surface area (TPSA) is 55.1 Å². The van der Waals surface area contributed by atoms with Crippen LogP contribution in [-0.2, 0) is 6.54 Å². The molecule has 0 aliphatic heterocycles. The minimum absolute atomic E-state index is 0.422. The van der Waals surface area contributed by atoms with Crippen LogP contribution in [0.25, 0.3) is 0 Å². The zero-order valence-electron chi connectivity index (χ0n) is 9.99. The fourth-order valence-corrected chi connectivity index (χ4v) is 2.21. The van der Waals surface area contributed by atoms with Crippen molar-refractivity contribution in [2.24, 2.45) is 5.73 Å². The van der Waals surface area contributed by atoms with Gasteiger partial charge in [-0.2, -0.15) is 0 Å². The van der Waals surface area contributed by atoms with Crippen LogP contribution in [-0.4, -0.2) is 5.91 Å². The van der Waals surface area contributed by atoms with Crippen LogP contribution < -0.4 is 11.1 Å². The zero-order valence-corrected chi connectivity index (χ0v) is 12.3. The van der Waals surface area contributed by atoms with Gasteiger partial charge >= 0.3 is 0 Å². The van der Waals surface area contributed by atoms with Crippen LogP contribution in [0, 0.1) is 0 Å². The quantitative estimate of drug-likeness (QED) is 0.890. The Morgan fingerprint density at radius 1 is 1.26 bits per heavy atom. The normalized spacial score (nSPS) is 10.2. The van der Waals surface area contributed by atoms with E-state index in [2.05, 4.69) is 21.2 Å². The molecule has 0 aromatic heterocycles. The second kappa shape index (κ2) is 6.08. The Balaban J connectivity index is 2.14. The van der Waals surface area contributed by atoms with Gasteiger partial charge in [-0.3, -0.25) is 4.79 Å². The number of hydrogen-bond donors (Lipinski definition) is 2. The molecular formula is C14H12BrClN2O. The largest absolute Gasteiger partial charge is 0.381 e. The average Bonchev–Trinajstić information content (AvgIpc) is 2.40. The van der Waals surface area contributed by atoms with Gasteiger partial charge in [0.05, 0.1) is 5.02 Å². The van der Waals surface area contributed by atoms with E-state index in [-0.39, 0.29) is 0 Å². The number of primary amides is 1. The van der Waals surface area contributed by atoms with Crippen LogP contribution in [0.3, 0.4) is 0 Å². The first kappa shape index (κ1) is 13.9. The maximum Gasteiger partial charge on any atom is 0.249 e. The summed E-state index contributed by atoms with van der Waals surface area (Å²) >= 11 is 9.29. The number of hydrogen-bond acceptors (Lipinski definition) is 2. The molecule has 2 rings (SSSR count). The molecule has 0 radical (unpaired) electrons. The Hall–Kier alpha value is -1.52. The predicted molar refractivity (Wildman–Crippen MR) is 81.4 cm³/mol. The molecule has 0 aliphatic carbocycles. The number of rotatable bonds is 4. The van der Waals surface area contributed by atoms with Crippen molar-refractivity contribution in [3.8, 4) is 0 Å². The van der Waals surface area contributed by atoms with Crippen molar-refractivity contribution in [3.05, 3.63) is 63.1 Å². The summed E-state index contributed by atoms with van der Waals surface area (Å²) in [7, 11) is 0. The Labute approximate surface area is 124 Å². The van der Waals surface area contributed by atoms with Gasteiger partial charge in [0.25, 0.3) is 0 Å². The number of anilines is 1. The fourth-order valence-electron chi connectivity index (χ4n) is 1.72. The van der Waals surface area contributed by atoms with E-state index in [4.69, 9.17) is 17.3 Å². The van der Waals surface area contributed by atoms with Crippen LogP contribution in [0.15, 0.2) is 46.9 Å². The minimum atomic E-state index is -0.422. The Kier molecular flexibility index (Phi) is 4.45. The molecule has 98 valence electrons. The maximum absolute atomic E-state index is 11.3. The van der Waals surface area contributed by atoms with Gasteiger partial charge in [-0.05, 0) is 45.8 Å². The molecule has 2 aromatic carbocycles. The molecule has 0 aliphatic rings. The summed E-state index contributed by atoms with van der Waals surface area (Å²) in [4.78, 5) is 11.3. The van der Waals surface area contributed by atoms with Crippen LogP contribution in [0.4, 0.5) is 5.69 Å². The number of carbonyl (C=O) groups is 1. The van der Waals surface area contributed by atoms with Gasteiger partial charge in [-0.15, -0.1) is 0 Å². The van der Waals surface area contributed by atoms with E-state index in [1.54, 1.807) is 18.2 Å². The van der Waals surface area contributed by atoms with E-state index in [0.29, 0.717) is 17.1 Å². The van der Waals surface area contributed by atoms with Gasteiger partial charge < -0.3 is 11.1 Å². The number of nitrogens with one attached hydrogen (secondary N) is 1. The first-order valence-electron chi connectivity index (χ1n) is 5.64. The molecule has 0 unspecified atom stereocenters. The lowest BCUT2D eigenvalue weighted by molar-refractivity contribution is 0.0999. The van der Waals surface area contributed by atoms with Crippen molar-refractivity contribution in [2.75, 3.05) is 5.32 Å². The van der Waals surface area contributed by atoms with E-state index in [1.807, 2.05) is 24.3 Å². The van der Waals surface area contributed by atoms with Crippen molar-refractivity contribution >= 4 is 39.1 Å². The minimum Gasteiger partial charge on any atom is -0.381 e. The number of carbonyl (C=O) groups excluding carboxylic acids is 1. The molecule has 0 atom stereocenters. The molecule has 2 aromatic rings. The van der Waals surface area contributed by atoms with Crippen molar-refractivity contribution in [2.45, 2.75) is 6.54 Å². The van der Waals surface area contributed by atoms with E-state index >= 15 is 0 Å². The van der Waals surface area contributed by atoms with Gasteiger partial charge in [0.1, 0.15) is 0 Å². The second-order valence-electron chi connectivity index (χ2n) is 4.00. The molecule has 0 fully saturated rings. The highest BCUT2D eigenvalue weighted by Crippen LogP contribution is 2.25. The van der Waals surface area contributed by atoms with Crippen molar-refractivity contribution in [1.29, 1.82) is 0 Å². The second-order valence-corrected chi connectivity index (χ2v) is 5.27. The summed E-state index contributed by atoms with van der Waals surface area (Å²) in [5.74, 6) is -0.422. The number of nitrogens with two attached hydrogens (primary N) is 1. The van der Waals surface area contributed by atoms with Crippen molar-refractivity contribution < 1.29 is 4.79 Å². The molecule has 0 heterocycles. The average molecular weight is 340 g/mol. The lowest BCUT2D eigenvalue weighted by Gasteiger charge is -2.10. The molecule has 3 N–H and O–H groups in total. The van der Waals surface area contributed by atoms with Crippen molar-refractivity contribution in [1.82, 2.24) is 0 Å². The Bertz CT molecular complexity index is 616. The summed E-state index contributed by atoms with van der Waals surface area (Å²) in [6.07, 6.45) is 0. The fraction of sp³-hybridized carbons (Fsp3) is 0.0714. The summed E-state index contributed by atoms with van der Waals surface area (Å²) in [6, 6.07) is 12.8. The molecular weight excluding hydrogens is 328 g/mol. The first-order valence-corrected chi connectivity index (χ1v) is 6.81. The third-order valence-electron chi connectivity index (χ3n) is 2.69. The number of halogens is 2. The molecule has 5 heteroatoms. The molecule has 0 bridgehead atoms. The van der Waals surface area contributed by atoms with Crippen LogP contribution in [0.2, 0.25) is 5.02 Å².